The number of amides is 2. The number of furan rings is 1. The summed E-state index contributed by atoms with van der Waals surface area (Å²) in [6.07, 6.45) is 1.62. The molecule has 3 N–H and O–H groups in total. The maximum atomic E-state index is 12.1. The van der Waals surface area contributed by atoms with Crippen LogP contribution in [0.2, 0.25) is 0 Å². The molecule has 0 saturated heterocycles. The number of aliphatic carboxylic acids is 1. The first-order chi connectivity index (χ1) is 9.86. The Hall–Kier alpha value is -2.31. The van der Waals surface area contributed by atoms with E-state index >= 15 is 0 Å². The minimum Gasteiger partial charge on any atom is -0.480 e. The standard InChI is InChI=1S/C14H20N2O5/c1-4-9(14(19)20)15-13(18)11(8(2)3)16-12(17)10-6-5-7-21-10/h5-9,11H,4H2,1-3H3,(H,15,18)(H,16,17)(H,19,20). The number of carboxylic acid groups (broad SMARTS) is 1. The quantitative estimate of drug-likeness (QED) is 0.696. The Balaban J connectivity index is 2.75. The Labute approximate surface area is 122 Å². The molecule has 0 aliphatic carbocycles. The van der Waals surface area contributed by atoms with E-state index in [1.807, 2.05) is 0 Å². The molecule has 21 heavy (non-hydrogen) atoms. The van der Waals surface area contributed by atoms with Gasteiger partial charge in [-0.1, -0.05) is 20.8 Å². The van der Waals surface area contributed by atoms with Gasteiger partial charge < -0.3 is 20.2 Å². The Bertz CT molecular complexity index is 495. The molecule has 0 bridgehead atoms. The van der Waals surface area contributed by atoms with E-state index in [4.69, 9.17) is 9.52 Å². The van der Waals surface area contributed by atoms with Crippen LogP contribution in [0.5, 0.6) is 0 Å². The van der Waals surface area contributed by atoms with Gasteiger partial charge in [0.1, 0.15) is 12.1 Å². The van der Waals surface area contributed by atoms with Gasteiger partial charge in [0, 0.05) is 0 Å². The molecular formula is C14H20N2O5. The zero-order valence-corrected chi connectivity index (χ0v) is 12.3. The molecule has 2 atom stereocenters. The van der Waals surface area contributed by atoms with Gasteiger partial charge in [0.05, 0.1) is 6.26 Å². The minimum absolute atomic E-state index is 0.0960. The van der Waals surface area contributed by atoms with Crippen molar-refractivity contribution >= 4 is 17.8 Å². The van der Waals surface area contributed by atoms with E-state index in [0.29, 0.717) is 0 Å². The Morgan fingerprint density at radius 2 is 1.95 bits per heavy atom. The molecule has 1 heterocycles. The number of hydrogen-bond donors (Lipinski definition) is 3. The number of carbonyl (C=O) groups is 3. The summed E-state index contributed by atoms with van der Waals surface area (Å²) < 4.78 is 4.96. The molecule has 0 radical (unpaired) electrons. The summed E-state index contributed by atoms with van der Waals surface area (Å²) in [4.78, 5) is 35.0. The van der Waals surface area contributed by atoms with Crippen molar-refractivity contribution in [2.24, 2.45) is 5.92 Å². The number of carboxylic acids is 1. The monoisotopic (exact) mass is 296 g/mol. The van der Waals surface area contributed by atoms with Gasteiger partial charge in [0.15, 0.2) is 5.76 Å². The molecule has 7 heteroatoms. The van der Waals surface area contributed by atoms with E-state index in [2.05, 4.69) is 10.6 Å². The molecule has 1 rings (SSSR count). The van der Waals surface area contributed by atoms with Crippen molar-refractivity contribution in [2.45, 2.75) is 39.3 Å². The smallest absolute Gasteiger partial charge is 0.326 e. The highest BCUT2D eigenvalue weighted by atomic mass is 16.4. The lowest BCUT2D eigenvalue weighted by Gasteiger charge is -2.23. The summed E-state index contributed by atoms with van der Waals surface area (Å²) in [6.45, 7) is 5.17. The second-order valence-corrected chi connectivity index (χ2v) is 4.98. The molecule has 0 fully saturated rings. The molecule has 1 aromatic rings. The first-order valence-electron chi connectivity index (χ1n) is 6.74. The third kappa shape index (κ3) is 4.62. The van der Waals surface area contributed by atoms with Crippen molar-refractivity contribution in [1.29, 1.82) is 0 Å². The van der Waals surface area contributed by atoms with Crippen LogP contribution in [0, 0.1) is 5.92 Å². The average Bonchev–Trinajstić information content (AvgIpc) is 2.94. The number of nitrogens with one attached hydrogen (secondary N) is 2. The summed E-state index contributed by atoms with van der Waals surface area (Å²) in [5, 5.41) is 13.9. The molecule has 0 aromatic carbocycles. The number of hydrogen-bond acceptors (Lipinski definition) is 4. The van der Waals surface area contributed by atoms with E-state index in [9.17, 15) is 14.4 Å². The van der Waals surface area contributed by atoms with Crippen LogP contribution in [0.1, 0.15) is 37.7 Å². The SMILES string of the molecule is CCC(NC(=O)C(NC(=O)c1ccco1)C(C)C)C(=O)O. The first kappa shape index (κ1) is 16.7. The maximum Gasteiger partial charge on any atom is 0.326 e. The van der Waals surface area contributed by atoms with Gasteiger partial charge in [-0.05, 0) is 24.5 Å². The van der Waals surface area contributed by atoms with Crippen LogP contribution >= 0.6 is 0 Å². The number of carbonyl (C=O) groups excluding carboxylic acids is 2. The predicted molar refractivity (Wildman–Crippen MR) is 74.7 cm³/mol. The van der Waals surface area contributed by atoms with Crippen LogP contribution in [0.4, 0.5) is 0 Å². The van der Waals surface area contributed by atoms with Gasteiger partial charge in [-0.3, -0.25) is 9.59 Å². The van der Waals surface area contributed by atoms with Crippen molar-refractivity contribution in [1.82, 2.24) is 10.6 Å². The van der Waals surface area contributed by atoms with Crippen LogP contribution in [0.3, 0.4) is 0 Å². The van der Waals surface area contributed by atoms with E-state index < -0.39 is 29.9 Å². The lowest BCUT2D eigenvalue weighted by molar-refractivity contribution is -0.142. The molecule has 2 amide bonds. The van der Waals surface area contributed by atoms with Gasteiger partial charge >= 0.3 is 5.97 Å². The fourth-order valence-electron chi connectivity index (χ4n) is 1.76. The minimum atomic E-state index is -1.11. The molecule has 7 nitrogen and oxygen atoms in total. The lowest BCUT2D eigenvalue weighted by atomic mass is 10.0. The summed E-state index contributed by atoms with van der Waals surface area (Å²) in [6, 6.07) is 1.24. The van der Waals surface area contributed by atoms with Gasteiger partial charge in [-0.2, -0.15) is 0 Å². The Morgan fingerprint density at radius 3 is 2.38 bits per heavy atom. The lowest BCUT2D eigenvalue weighted by Crippen LogP contribution is -2.53. The maximum absolute atomic E-state index is 12.1. The van der Waals surface area contributed by atoms with Gasteiger partial charge in [-0.25, -0.2) is 4.79 Å². The van der Waals surface area contributed by atoms with Crippen molar-refractivity contribution in [3.8, 4) is 0 Å². The van der Waals surface area contributed by atoms with E-state index in [1.165, 1.54) is 12.3 Å². The van der Waals surface area contributed by atoms with Crippen LogP contribution in [0.25, 0.3) is 0 Å². The van der Waals surface area contributed by atoms with Crippen molar-refractivity contribution < 1.29 is 23.9 Å². The molecule has 2 unspecified atom stereocenters. The van der Waals surface area contributed by atoms with Crippen molar-refractivity contribution in [3.63, 3.8) is 0 Å². The molecule has 116 valence electrons. The fraction of sp³-hybridized carbons (Fsp3) is 0.500. The van der Waals surface area contributed by atoms with Crippen LogP contribution < -0.4 is 10.6 Å². The van der Waals surface area contributed by atoms with E-state index in [0.717, 1.165) is 0 Å². The Kier molecular flexibility index (Phi) is 5.95. The van der Waals surface area contributed by atoms with Crippen molar-refractivity contribution in [2.75, 3.05) is 0 Å². The molecule has 0 spiro atoms. The predicted octanol–water partition coefficient (Wildman–Crippen LogP) is 1.01. The summed E-state index contributed by atoms with van der Waals surface area (Å²) >= 11 is 0. The molecule has 0 aliphatic heterocycles. The van der Waals surface area contributed by atoms with Crippen LogP contribution in [0.15, 0.2) is 22.8 Å². The molecule has 0 saturated carbocycles. The second-order valence-electron chi connectivity index (χ2n) is 4.98. The highest BCUT2D eigenvalue weighted by molar-refractivity contribution is 5.96. The van der Waals surface area contributed by atoms with Crippen LogP contribution in [-0.4, -0.2) is 35.0 Å². The largest absolute Gasteiger partial charge is 0.480 e. The summed E-state index contributed by atoms with van der Waals surface area (Å²) in [5.41, 5.74) is 0. The molecule has 1 aromatic heterocycles. The van der Waals surface area contributed by atoms with Gasteiger partial charge in [-0.15, -0.1) is 0 Å². The van der Waals surface area contributed by atoms with Gasteiger partial charge in [0.2, 0.25) is 5.91 Å². The van der Waals surface area contributed by atoms with E-state index in [-0.39, 0.29) is 18.1 Å². The average molecular weight is 296 g/mol. The second kappa shape index (κ2) is 7.47. The van der Waals surface area contributed by atoms with E-state index in [1.54, 1.807) is 26.8 Å². The van der Waals surface area contributed by atoms with Crippen LogP contribution in [-0.2, 0) is 9.59 Å². The summed E-state index contributed by atoms with van der Waals surface area (Å²) in [5.74, 6) is -2.25. The number of rotatable bonds is 7. The molecule has 0 aliphatic rings. The Morgan fingerprint density at radius 1 is 1.29 bits per heavy atom. The molecular weight excluding hydrogens is 276 g/mol. The fourth-order valence-corrected chi connectivity index (χ4v) is 1.76. The van der Waals surface area contributed by atoms with Gasteiger partial charge in [0.25, 0.3) is 5.91 Å². The topological polar surface area (TPSA) is 109 Å². The third-order valence-electron chi connectivity index (χ3n) is 3.00. The third-order valence-corrected chi connectivity index (χ3v) is 3.00. The normalized spacial score (nSPS) is 13.5. The summed E-state index contributed by atoms with van der Waals surface area (Å²) in [7, 11) is 0. The highest BCUT2D eigenvalue weighted by Gasteiger charge is 2.28. The first-order valence-corrected chi connectivity index (χ1v) is 6.74. The zero-order chi connectivity index (χ0) is 16.0. The highest BCUT2D eigenvalue weighted by Crippen LogP contribution is 2.06. The zero-order valence-electron chi connectivity index (χ0n) is 12.3. The van der Waals surface area contributed by atoms with Crippen molar-refractivity contribution in [3.05, 3.63) is 24.2 Å².